The molecule has 190 valence electrons. The van der Waals surface area contributed by atoms with Gasteiger partial charge in [0, 0.05) is 31.1 Å². The summed E-state index contributed by atoms with van der Waals surface area (Å²) in [4.78, 5) is 2.35. The Morgan fingerprint density at radius 1 is 0.861 bits per heavy atom. The van der Waals surface area contributed by atoms with Crippen LogP contribution >= 0.6 is 0 Å². The monoisotopic (exact) mass is 488 g/mol. The fraction of sp³-hybridized carbons (Fsp3) is 0.400. The smallest absolute Gasteiger partial charge is 0.184 e. The molecule has 0 aliphatic carbocycles. The van der Waals surface area contributed by atoms with E-state index in [2.05, 4.69) is 41.3 Å². The van der Waals surface area contributed by atoms with E-state index in [1.807, 2.05) is 36.4 Å². The zero-order valence-corrected chi connectivity index (χ0v) is 20.6. The van der Waals surface area contributed by atoms with Gasteiger partial charge in [0.15, 0.2) is 6.29 Å². The lowest BCUT2D eigenvalue weighted by molar-refractivity contribution is -0.253. The maximum Gasteiger partial charge on any atom is 0.184 e. The van der Waals surface area contributed by atoms with Crippen LogP contribution in [0.2, 0.25) is 0 Å². The summed E-state index contributed by atoms with van der Waals surface area (Å²) in [6, 6.07) is 24.8. The van der Waals surface area contributed by atoms with Crippen LogP contribution in [-0.4, -0.2) is 47.0 Å². The highest BCUT2D eigenvalue weighted by Gasteiger charge is 2.35. The summed E-state index contributed by atoms with van der Waals surface area (Å²) >= 11 is 0. The number of aliphatic hydroxyl groups excluding tert-OH is 2. The van der Waals surface area contributed by atoms with E-state index < -0.39 is 6.29 Å². The Labute approximate surface area is 213 Å². The van der Waals surface area contributed by atoms with Gasteiger partial charge >= 0.3 is 0 Å². The lowest BCUT2D eigenvalue weighted by Crippen LogP contribution is -2.42. The average molecular weight is 489 g/mol. The van der Waals surface area contributed by atoms with E-state index in [9.17, 15) is 10.2 Å². The summed E-state index contributed by atoms with van der Waals surface area (Å²) in [6.07, 6.45) is 2.27. The maximum atomic E-state index is 9.79. The van der Waals surface area contributed by atoms with Crippen molar-refractivity contribution in [3.63, 3.8) is 0 Å². The van der Waals surface area contributed by atoms with Gasteiger partial charge in [0.1, 0.15) is 0 Å². The third kappa shape index (κ3) is 5.70. The highest BCUT2D eigenvalue weighted by atomic mass is 16.7. The molecule has 0 unspecified atom stereocenters. The Kier molecular flexibility index (Phi) is 8.12. The largest absolute Gasteiger partial charge is 0.395 e. The fourth-order valence-electron chi connectivity index (χ4n) is 5.35. The van der Waals surface area contributed by atoms with Gasteiger partial charge in [-0.2, -0.15) is 0 Å². The molecular weight excluding hydrogens is 452 g/mol. The third-order valence-corrected chi connectivity index (χ3v) is 7.44. The summed E-state index contributed by atoms with van der Waals surface area (Å²) in [6.45, 7) is 2.50. The van der Waals surface area contributed by atoms with E-state index in [-0.39, 0.29) is 31.5 Å². The summed E-state index contributed by atoms with van der Waals surface area (Å²) in [5.41, 5.74) is 12.1. The Balaban J connectivity index is 1.37. The summed E-state index contributed by atoms with van der Waals surface area (Å²) < 4.78 is 13.0. The molecule has 6 heteroatoms. The van der Waals surface area contributed by atoms with Crippen molar-refractivity contribution in [1.29, 1.82) is 0 Å². The topological polar surface area (TPSA) is 88.2 Å². The maximum absolute atomic E-state index is 9.79. The minimum absolute atomic E-state index is 0.0145. The predicted octanol–water partition coefficient (Wildman–Crippen LogP) is 4.31. The highest BCUT2D eigenvalue weighted by Crippen LogP contribution is 2.39. The van der Waals surface area contributed by atoms with Crippen LogP contribution in [0.1, 0.15) is 53.9 Å². The van der Waals surface area contributed by atoms with Gasteiger partial charge in [0.05, 0.1) is 25.4 Å². The second-order valence-corrected chi connectivity index (χ2v) is 9.85. The van der Waals surface area contributed by atoms with Crippen LogP contribution in [0.5, 0.6) is 0 Å². The first kappa shape index (κ1) is 25.1. The second kappa shape index (κ2) is 11.6. The Bertz CT molecular complexity index is 1120. The molecule has 2 fully saturated rings. The van der Waals surface area contributed by atoms with Crippen LogP contribution in [0.25, 0.3) is 11.1 Å². The Morgan fingerprint density at radius 2 is 1.64 bits per heavy atom. The second-order valence-electron chi connectivity index (χ2n) is 9.85. The SMILES string of the molecule is NCc1cccc(-c2ccc([C@@H]3O[C@H](CN4CCC[C@H]4CO)C[C@H](c4ccc(CO)cc4)O3)cc2)c1. The molecule has 3 aromatic rings. The lowest BCUT2D eigenvalue weighted by Gasteiger charge is -2.38. The molecule has 2 saturated heterocycles. The number of aliphatic hydroxyl groups is 2. The summed E-state index contributed by atoms with van der Waals surface area (Å²) in [5.74, 6) is 0. The molecule has 6 nitrogen and oxygen atoms in total. The van der Waals surface area contributed by atoms with Crippen LogP contribution in [0.15, 0.2) is 72.8 Å². The highest BCUT2D eigenvalue weighted by molar-refractivity contribution is 5.64. The van der Waals surface area contributed by atoms with E-state index in [0.29, 0.717) is 6.54 Å². The molecule has 0 bridgehead atoms. The molecule has 2 heterocycles. The van der Waals surface area contributed by atoms with E-state index in [1.165, 1.54) is 0 Å². The number of nitrogens with two attached hydrogens (primary N) is 1. The van der Waals surface area contributed by atoms with Crippen molar-refractivity contribution in [1.82, 2.24) is 4.90 Å². The van der Waals surface area contributed by atoms with Gasteiger partial charge in [-0.15, -0.1) is 0 Å². The van der Waals surface area contributed by atoms with Gasteiger partial charge in [-0.25, -0.2) is 0 Å². The van der Waals surface area contributed by atoms with Crippen LogP contribution < -0.4 is 5.73 Å². The van der Waals surface area contributed by atoms with Gasteiger partial charge in [0.25, 0.3) is 0 Å². The van der Waals surface area contributed by atoms with Crippen LogP contribution in [0.4, 0.5) is 0 Å². The summed E-state index contributed by atoms with van der Waals surface area (Å²) in [7, 11) is 0. The van der Waals surface area contributed by atoms with Gasteiger partial charge < -0.3 is 25.4 Å². The van der Waals surface area contributed by atoms with Crippen molar-refractivity contribution in [3.8, 4) is 11.1 Å². The molecule has 0 spiro atoms. The molecular formula is C30H36N2O4. The molecule has 0 aromatic heterocycles. The van der Waals surface area contributed by atoms with Crippen molar-refractivity contribution in [2.75, 3.05) is 19.7 Å². The third-order valence-electron chi connectivity index (χ3n) is 7.44. The first-order valence-electron chi connectivity index (χ1n) is 12.9. The molecule has 2 aliphatic rings. The van der Waals surface area contributed by atoms with E-state index >= 15 is 0 Å². The van der Waals surface area contributed by atoms with Crippen molar-refractivity contribution in [2.24, 2.45) is 5.73 Å². The number of likely N-dealkylation sites (tertiary alicyclic amines) is 1. The average Bonchev–Trinajstić information content (AvgIpc) is 3.40. The molecule has 0 saturated carbocycles. The van der Waals surface area contributed by atoms with Gasteiger partial charge in [-0.1, -0.05) is 66.7 Å². The number of hydrogen-bond donors (Lipinski definition) is 3. The molecule has 2 aliphatic heterocycles. The van der Waals surface area contributed by atoms with Crippen molar-refractivity contribution >= 4 is 0 Å². The van der Waals surface area contributed by atoms with Crippen LogP contribution in [0.3, 0.4) is 0 Å². The molecule has 5 rings (SSSR count). The zero-order chi connectivity index (χ0) is 24.9. The number of nitrogens with zero attached hydrogens (tertiary/aromatic N) is 1. The van der Waals surface area contributed by atoms with E-state index in [4.69, 9.17) is 15.2 Å². The zero-order valence-electron chi connectivity index (χ0n) is 20.6. The van der Waals surface area contributed by atoms with E-state index in [1.54, 1.807) is 0 Å². The Morgan fingerprint density at radius 3 is 2.36 bits per heavy atom. The Hall–Kier alpha value is -2.58. The number of hydrogen-bond acceptors (Lipinski definition) is 6. The molecule has 3 aromatic carbocycles. The number of rotatable bonds is 8. The van der Waals surface area contributed by atoms with Gasteiger partial charge in [-0.3, -0.25) is 4.90 Å². The molecule has 0 amide bonds. The normalized spacial score (nSPS) is 24.8. The minimum Gasteiger partial charge on any atom is -0.395 e. The van der Waals surface area contributed by atoms with Gasteiger partial charge in [-0.05, 0) is 53.3 Å². The van der Waals surface area contributed by atoms with E-state index in [0.717, 1.165) is 65.7 Å². The van der Waals surface area contributed by atoms with Crippen molar-refractivity contribution < 1.29 is 19.7 Å². The fourth-order valence-corrected chi connectivity index (χ4v) is 5.35. The quantitative estimate of drug-likeness (QED) is 0.438. The van der Waals surface area contributed by atoms with Crippen molar-refractivity contribution in [3.05, 3.63) is 95.1 Å². The molecule has 36 heavy (non-hydrogen) atoms. The first-order valence-corrected chi connectivity index (χ1v) is 12.9. The molecule has 4 N–H and O–H groups in total. The predicted molar refractivity (Wildman–Crippen MR) is 140 cm³/mol. The van der Waals surface area contributed by atoms with Crippen LogP contribution in [0, 0.1) is 0 Å². The number of ether oxygens (including phenoxy) is 2. The summed E-state index contributed by atoms with van der Waals surface area (Å²) in [5, 5.41) is 19.2. The first-order chi connectivity index (χ1) is 17.7. The van der Waals surface area contributed by atoms with Crippen LogP contribution in [-0.2, 0) is 22.6 Å². The number of benzene rings is 3. The minimum atomic E-state index is -0.481. The lowest BCUT2D eigenvalue weighted by atomic mass is 9.99. The van der Waals surface area contributed by atoms with Gasteiger partial charge in [0.2, 0.25) is 0 Å². The molecule has 0 radical (unpaired) electrons. The van der Waals surface area contributed by atoms with Crippen molar-refractivity contribution in [2.45, 2.75) is 57.0 Å². The molecule has 4 atom stereocenters. The standard InChI is InChI=1S/C30H36N2O4/c31-17-22-3-1-4-26(15-22)23-10-12-25(13-11-23)30-35-28(18-32-14-2-5-27(32)20-34)16-29(36-30)24-8-6-21(19-33)7-9-24/h1,3-4,6-13,15,27-30,33-34H,2,5,14,16-20,31H2/t27-,28-,29+,30+/m0/s1.